The Morgan fingerprint density at radius 2 is 1.90 bits per heavy atom. The van der Waals surface area contributed by atoms with E-state index in [1.54, 1.807) is 0 Å². The van der Waals surface area contributed by atoms with Crippen molar-refractivity contribution >= 4 is 5.82 Å². The molecule has 0 fully saturated rings. The normalized spacial score (nSPS) is 12.0. The van der Waals surface area contributed by atoms with Gasteiger partial charge in [0.2, 0.25) is 0 Å². The molecular weight excluding hydrogens is 246 g/mol. The molecule has 0 amide bonds. The van der Waals surface area contributed by atoms with Crippen LogP contribution < -0.4 is 10.2 Å². The van der Waals surface area contributed by atoms with Gasteiger partial charge in [0, 0.05) is 30.7 Å². The number of hydrogen-bond donors (Lipinski definition) is 1. The first-order valence-corrected chi connectivity index (χ1v) is 7.70. The number of aromatic nitrogens is 1. The molecule has 0 spiro atoms. The lowest BCUT2D eigenvalue weighted by atomic mass is 9.90. The summed E-state index contributed by atoms with van der Waals surface area (Å²) in [6, 6.07) is 4.90. The number of nitrogens with zero attached hydrogens (tertiary/aromatic N) is 2. The van der Waals surface area contributed by atoms with Crippen LogP contribution in [0.3, 0.4) is 0 Å². The standard InChI is InChI=1S/C17H31N3/c1-8-9-18-12-14-10-15(17(4,5)6)19-16(11-14)20(7)13(2)3/h10-11,13,18H,8-9,12H2,1-7H3. The number of hydrogen-bond acceptors (Lipinski definition) is 3. The number of pyridine rings is 1. The van der Waals surface area contributed by atoms with Gasteiger partial charge in [-0.15, -0.1) is 0 Å². The minimum atomic E-state index is 0.0767. The van der Waals surface area contributed by atoms with E-state index >= 15 is 0 Å². The minimum absolute atomic E-state index is 0.0767. The minimum Gasteiger partial charge on any atom is -0.357 e. The van der Waals surface area contributed by atoms with Gasteiger partial charge in [-0.1, -0.05) is 27.7 Å². The van der Waals surface area contributed by atoms with Gasteiger partial charge in [0.05, 0.1) is 0 Å². The third-order valence-corrected chi connectivity index (χ3v) is 3.53. The topological polar surface area (TPSA) is 28.2 Å². The van der Waals surface area contributed by atoms with Gasteiger partial charge in [-0.3, -0.25) is 0 Å². The first kappa shape index (κ1) is 17.0. The average molecular weight is 277 g/mol. The summed E-state index contributed by atoms with van der Waals surface area (Å²) >= 11 is 0. The molecule has 1 aromatic rings. The lowest BCUT2D eigenvalue weighted by molar-refractivity contribution is 0.564. The monoisotopic (exact) mass is 277 g/mol. The highest BCUT2D eigenvalue weighted by Gasteiger charge is 2.18. The van der Waals surface area contributed by atoms with Crippen molar-refractivity contribution in [3.8, 4) is 0 Å². The van der Waals surface area contributed by atoms with Gasteiger partial charge in [-0.25, -0.2) is 4.98 Å². The number of rotatable bonds is 6. The Kier molecular flexibility index (Phi) is 6.00. The van der Waals surface area contributed by atoms with Gasteiger partial charge in [0.15, 0.2) is 0 Å². The summed E-state index contributed by atoms with van der Waals surface area (Å²) < 4.78 is 0. The molecule has 3 nitrogen and oxygen atoms in total. The van der Waals surface area contributed by atoms with Crippen LogP contribution in [0.25, 0.3) is 0 Å². The van der Waals surface area contributed by atoms with Crippen molar-refractivity contribution in [3.63, 3.8) is 0 Å². The summed E-state index contributed by atoms with van der Waals surface area (Å²) in [6.45, 7) is 15.2. The maximum absolute atomic E-state index is 4.85. The van der Waals surface area contributed by atoms with Gasteiger partial charge in [-0.2, -0.15) is 0 Å². The molecule has 0 aliphatic heterocycles. The molecule has 1 aromatic heterocycles. The largest absolute Gasteiger partial charge is 0.357 e. The highest BCUT2D eigenvalue weighted by molar-refractivity contribution is 5.44. The predicted octanol–water partition coefficient (Wildman–Crippen LogP) is 3.72. The number of nitrogens with one attached hydrogen (secondary N) is 1. The Morgan fingerprint density at radius 1 is 1.25 bits per heavy atom. The lowest BCUT2D eigenvalue weighted by Gasteiger charge is -2.26. The molecule has 0 saturated carbocycles. The highest BCUT2D eigenvalue weighted by atomic mass is 15.2. The fourth-order valence-electron chi connectivity index (χ4n) is 1.91. The third-order valence-electron chi connectivity index (χ3n) is 3.53. The molecule has 0 aliphatic carbocycles. The fourth-order valence-corrected chi connectivity index (χ4v) is 1.91. The van der Waals surface area contributed by atoms with E-state index in [0.29, 0.717) is 6.04 Å². The second-order valence-electron chi connectivity index (χ2n) is 6.85. The van der Waals surface area contributed by atoms with Crippen molar-refractivity contribution in [2.75, 3.05) is 18.5 Å². The first-order chi connectivity index (χ1) is 9.25. The molecular formula is C17H31N3. The van der Waals surface area contributed by atoms with E-state index in [0.717, 1.165) is 31.0 Å². The second kappa shape index (κ2) is 7.07. The van der Waals surface area contributed by atoms with E-state index in [1.807, 2.05) is 0 Å². The van der Waals surface area contributed by atoms with Crippen molar-refractivity contribution in [2.45, 2.75) is 66.0 Å². The summed E-state index contributed by atoms with van der Waals surface area (Å²) in [7, 11) is 2.11. The predicted molar refractivity (Wildman–Crippen MR) is 88.5 cm³/mol. The zero-order valence-corrected chi connectivity index (χ0v) is 14.2. The molecule has 20 heavy (non-hydrogen) atoms. The highest BCUT2D eigenvalue weighted by Crippen LogP contribution is 2.25. The van der Waals surface area contributed by atoms with Crippen LogP contribution in [0.5, 0.6) is 0 Å². The SMILES string of the molecule is CCCNCc1cc(N(C)C(C)C)nc(C(C)(C)C)c1. The molecule has 1 heterocycles. The maximum atomic E-state index is 4.85. The summed E-state index contributed by atoms with van der Waals surface area (Å²) in [5, 5.41) is 3.48. The lowest BCUT2D eigenvalue weighted by Crippen LogP contribution is -2.28. The zero-order valence-electron chi connectivity index (χ0n) is 14.2. The van der Waals surface area contributed by atoms with Gasteiger partial charge >= 0.3 is 0 Å². The van der Waals surface area contributed by atoms with Crippen LogP contribution in [0.15, 0.2) is 12.1 Å². The molecule has 0 aliphatic rings. The average Bonchev–Trinajstić information content (AvgIpc) is 2.36. The van der Waals surface area contributed by atoms with E-state index in [2.05, 4.69) is 70.9 Å². The van der Waals surface area contributed by atoms with Crippen LogP contribution in [-0.2, 0) is 12.0 Å². The second-order valence-corrected chi connectivity index (χ2v) is 6.85. The molecule has 1 N–H and O–H groups in total. The smallest absolute Gasteiger partial charge is 0.129 e. The van der Waals surface area contributed by atoms with Crippen molar-refractivity contribution < 1.29 is 0 Å². The molecule has 0 atom stereocenters. The molecule has 0 bridgehead atoms. The van der Waals surface area contributed by atoms with E-state index in [4.69, 9.17) is 4.98 Å². The summed E-state index contributed by atoms with van der Waals surface area (Å²) in [6.07, 6.45) is 1.16. The van der Waals surface area contributed by atoms with Crippen molar-refractivity contribution in [3.05, 3.63) is 23.4 Å². The summed E-state index contributed by atoms with van der Waals surface area (Å²) in [4.78, 5) is 7.09. The Bertz CT molecular complexity index is 419. The fraction of sp³-hybridized carbons (Fsp3) is 0.706. The van der Waals surface area contributed by atoms with E-state index in [9.17, 15) is 0 Å². The van der Waals surface area contributed by atoms with Crippen LogP contribution in [0.4, 0.5) is 5.82 Å². The summed E-state index contributed by atoms with van der Waals surface area (Å²) in [5.41, 5.74) is 2.56. The zero-order chi connectivity index (χ0) is 15.3. The maximum Gasteiger partial charge on any atom is 0.129 e. The van der Waals surface area contributed by atoms with Gasteiger partial charge in [0.25, 0.3) is 0 Å². The Morgan fingerprint density at radius 3 is 2.40 bits per heavy atom. The molecule has 0 radical (unpaired) electrons. The molecule has 1 rings (SSSR count). The molecule has 114 valence electrons. The Hall–Kier alpha value is -1.09. The van der Waals surface area contributed by atoms with Crippen LogP contribution in [0.2, 0.25) is 0 Å². The first-order valence-electron chi connectivity index (χ1n) is 7.70. The molecule has 0 unspecified atom stereocenters. The van der Waals surface area contributed by atoms with Gasteiger partial charge in [0.1, 0.15) is 5.82 Å². The van der Waals surface area contributed by atoms with Crippen LogP contribution in [0, 0.1) is 0 Å². The van der Waals surface area contributed by atoms with Crippen molar-refractivity contribution in [2.24, 2.45) is 0 Å². The molecule has 0 aromatic carbocycles. The van der Waals surface area contributed by atoms with Crippen molar-refractivity contribution in [1.29, 1.82) is 0 Å². The number of anilines is 1. The van der Waals surface area contributed by atoms with E-state index < -0.39 is 0 Å². The Labute approximate surface area is 124 Å². The van der Waals surface area contributed by atoms with Crippen molar-refractivity contribution in [1.82, 2.24) is 10.3 Å². The quantitative estimate of drug-likeness (QED) is 0.803. The van der Waals surface area contributed by atoms with Gasteiger partial charge < -0.3 is 10.2 Å². The molecule has 0 saturated heterocycles. The van der Waals surface area contributed by atoms with Crippen LogP contribution >= 0.6 is 0 Å². The Balaban J connectivity index is 3.08. The molecule has 3 heteroatoms. The van der Waals surface area contributed by atoms with Crippen LogP contribution in [-0.4, -0.2) is 24.6 Å². The van der Waals surface area contributed by atoms with E-state index in [-0.39, 0.29) is 5.41 Å². The van der Waals surface area contributed by atoms with E-state index in [1.165, 1.54) is 5.56 Å². The van der Waals surface area contributed by atoms with Crippen LogP contribution in [0.1, 0.15) is 59.2 Å². The van der Waals surface area contributed by atoms with Gasteiger partial charge in [-0.05, 0) is 44.5 Å². The third kappa shape index (κ3) is 4.78. The summed E-state index contributed by atoms with van der Waals surface area (Å²) in [5.74, 6) is 1.07.